The van der Waals surface area contributed by atoms with E-state index in [1.807, 2.05) is 60.7 Å². The van der Waals surface area contributed by atoms with E-state index in [0.29, 0.717) is 16.3 Å². The van der Waals surface area contributed by atoms with Crippen LogP contribution in [-0.4, -0.2) is 5.91 Å². The quantitative estimate of drug-likeness (QED) is 0.656. The van der Waals surface area contributed by atoms with E-state index in [1.54, 1.807) is 30.0 Å². The molecule has 114 valence electrons. The third kappa shape index (κ3) is 4.15. The maximum absolute atomic E-state index is 12.4. The van der Waals surface area contributed by atoms with E-state index in [2.05, 4.69) is 5.32 Å². The number of nitrogens with one attached hydrogen (secondary N) is 1. The number of benzene rings is 3. The van der Waals surface area contributed by atoms with Gasteiger partial charge in [0.05, 0.1) is 5.69 Å². The van der Waals surface area contributed by atoms with Crippen LogP contribution in [-0.2, 0) is 0 Å². The van der Waals surface area contributed by atoms with Gasteiger partial charge >= 0.3 is 0 Å². The van der Waals surface area contributed by atoms with Crippen molar-refractivity contribution >= 4 is 35.0 Å². The van der Waals surface area contributed by atoms with Gasteiger partial charge in [-0.05, 0) is 42.5 Å². The van der Waals surface area contributed by atoms with E-state index in [1.165, 1.54) is 0 Å². The molecule has 3 aromatic rings. The van der Waals surface area contributed by atoms with Gasteiger partial charge in [0.25, 0.3) is 5.91 Å². The highest BCUT2D eigenvalue weighted by Crippen LogP contribution is 2.35. The molecule has 0 fully saturated rings. The fraction of sp³-hybridized carbons (Fsp3) is 0. The van der Waals surface area contributed by atoms with Crippen molar-refractivity contribution in [2.45, 2.75) is 9.79 Å². The van der Waals surface area contributed by atoms with Gasteiger partial charge in [0, 0.05) is 20.4 Å². The Morgan fingerprint density at radius 3 is 2.22 bits per heavy atom. The summed E-state index contributed by atoms with van der Waals surface area (Å²) in [5.74, 6) is -0.150. The van der Waals surface area contributed by atoms with Crippen LogP contribution in [0.25, 0.3) is 0 Å². The monoisotopic (exact) mass is 339 g/mol. The van der Waals surface area contributed by atoms with Crippen molar-refractivity contribution in [3.05, 3.63) is 89.4 Å². The molecule has 0 spiro atoms. The number of hydrogen-bond donors (Lipinski definition) is 1. The highest BCUT2D eigenvalue weighted by Gasteiger charge is 2.10. The molecule has 0 atom stereocenters. The Kier molecular flexibility index (Phi) is 5.01. The Hall–Kier alpha value is -2.23. The van der Waals surface area contributed by atoms with Gasteiger partial charge in [0.15, 0.2) is 0 Å². The molecule has 2 nitrogen and oxygen atoms in total. The zero-order chi connectivity index (χ0) is 16.1. The summed E-state index contributed by atoms with van der Waals surface area (Å²) in [7, 11) is 0. The van der Waals surface area contributed by atoms with Crippen molar-refractivity contribution in [2.75, 3.05) is 5.32 Å². The van der Waals surface area contributed by atoms with Crippen molar-refractivity contribution in [1.29, 1.82) is 0 Å². The second kappa shape index (κ2) is 7.36. The third-order valence-electron chi connectivity index (χ3n) is 3.20. The topological polar surface area (TPSA) is 29.1 Å². The molecule has 1 amide bonds. The molecule has 0 saturated heterocycles. The van der Waals surface area contributed by atoms with E-state index in [9.17, 15) is 4.79 Å². The fourth-order valence-corrected chi connectivity index (χ4v) is 3.16. The van der Waals surface area contributed by atoms with Crippen LogP contribution in [0.15, 0.2) is 88.7 Å². The lowest BCUT2D eigenvalue weighted by atomic mass is 10.2. The number of carbonyl (C=O) groups is 1. The van der Waals surface area contributed by atoms with Gasteiger partial charge in [-0.3, -0.25) is 4.79 Å². The molecular formula is C19H14ClNOS. The van der Waals surface area contributed by atoms with Gasteiger partial charge in [-0.2, -0.15) is 0 Å². The van der Waals surface area contributed by atoms with Crippen LogP contribution in [0.3, 0.4) is 0 Å². The Morgan fingerprint density at radius 1 is 0.870 bits per heavy atom. The molecule has 0 aliphatic carbocycles. The van der Waals surface area contributed by atoms with Crippen molar-refractivity contribution in [3.8, 4) is 0 Å². The summed E-state index contributed by atoms with van der Waals surface area (Å²) in [6.07, 6.45) is 0. The first kappa shape index (κ1) is 15.7. The van der Waals surface area contributed by atoms with Crippen molar-refractivity contribution in [2.24, 2.45) is 0 Å². The Bertz CT molecular complexity index is 806. The maximum Gasteiger partial charge on any atom is 0.255 e. The molecule has 0 heterocycles. The molecule has 0 aliphatic rings. The Morgan fingerprint density at radius 2 is 1.52 bits per heavy atom. The van der Waals surface area contributed by atoms with Gasteiger partial charge in [-0.25, -0.2) is 0 Å². The molecule has 23 heavy (non-hydrogen) atoms. The average molecular weight is 340 g/mol. The van der Waals surface area contributed by atoms with Crippen LogP contribution in [0, 0.1) is 0 Å². The number of halogens is 1. The van der Waals surface area contributed by atoms with Crippen LogP contribution in [0.1, 0.15) is 10.4 Å². The SMILES string of the molecule is O=C(Nc1cc(Cl)ccc1Sc1ccccc1)c1ccccc1. The van der Waals surface area contributed by atoms with Crippen LogP contribution in [0.5, 0.6) is 0 Å². The third-order valence-corrected chi connectivity index (χ3v) is 4.52. The second-order valence-electron chi connectivity index (χ2n) is 4.88. The van der Waals surface area contributed by atoms with E-state index in [0.717, 1.165) is 9.79 Å². The molecule has 1 N–H and O–H groups in total. The minimum Gasteiger partial charge on any atom is -0.321 e. The molecule has 0 saturated carbocycles. The molecule has 0 bridgehead atoms. The van der Waals surface area contributed by atoms with Gasteiger partial charge in [0.2, 0.25) is 0 Å². The Balaban J connectivity index is 1.86. The standard InChI is InChI=1S/C19H14ClNOS/c20-15-11-12-18(23-16-9-5-2-6-10-16)17(13-15)21-19(22)14-7-3-1-4-8-14/h1-13H,(H,21,22). The molecule has 4 heteroatoms. The molecule has 3 aromatic carbocycles. The van der Waals surface area contributed by atoms with E-state index >= 15 is 0 Å². The number of hydrogen-bond acceptors (Lipinski definition) is 2. The summed E-state index contributed by atoms with van der Waals surface area (Å²) >= 11 is 7.68. The highest BCUT2D eigenvalue weighted by molar-refractivity contribution is 7.99. The number of anilines is 1. The summed E-state index contributed by atoms with van der Waals surface area (Å²) in [5, 5.41) is 3.53. The largest absolute Gasteiger partial charge is 0.321 e. The van der Waals surface area contributed by atoms with E-state index < -0.39 is 0 Å². The highest BCUT2D eigenvalue weighted by atomic mass is 35.5. The fourth-order valence-electron chi connectivity index (χ4n) is 2.09. The normalized spacial score (nSPS) is 10.3. The summed E-state index contributed by atoms with van der Waals surface area (Å²) in [5.41, 5.74) is 1.32. The summed E-state index contributed by atoms with van der Waals surface area (Å²) in [6.45, 7) is 0. The molecule has 0 unspecified atom stereocenters. The predicted octanol–water partition coefficient (Wildman–Crippen LogP) is 5.74. The van der Waals surface area contributed by atoms with Gasteiger partial charge in [-0.15, -0.1) is 0 Å². The summed E-state index contributed by atoms with van der Waals surface area (Å²) in [6, 6.07) is 24.6. The lowest BCUT2D eigenvalue weighted by molar-refractivity contribution is 0.102. The zero-order valence-corrected chi connectivity index (χ0v) is 13.8. The minimum atomic E-state index is -0.150. The van der Waals surface area contributed by atoms with E-state index in [-0.39, 0.29) is 5.91 Å². The number of carbonyl (C=O) groups excluding carboxylic acids is 1. The summed E-state index contributed by atoms with van der Waals surface area (Å²) < 4.78 is 0. The van der Waals surface area contributed by atoms with Gasteiger partial charge < -0.3 is 5.32 Å². The molecule has 0 aromatic heterocycles. The maximum atomic E-state index is 12.4. The van der Waals surface area contributed by atoms with Gasteiger partial charge in [0.1, 0.15) is 0 Å². The summed E-state index contributed by atoms with van der Waals surface area (Å²) in [4.78, 5) is 14.4. The van der Waals surface area contributed by atoms with Crippen molar-refractivity contribution < 1.29 is 4.79 Å². The molecule has 0 aliphatic heterocycles. The molecular weight excluding hydrogens is 326 g/mol. The van der Waals surface area contributed by atoms with Crippen LogP contribution < -0.4 is 5.32 Å². The van der Waals surface area contributed by atoms with Crippen LogP contribution in [0.4, 0.5) is 5.69 Å². The predicted molar refractivity (Wildman–Crippen MR) is 96.4 cm³/mol. The van der Waals surface area contributed by atoms with Gasteiger partial charge in [-0.1, -0.05) is 59.8 Å². The first-order valence-electron chi connectivity index (χ1n) is 7.11. The lowest BCUT2D eigenvalue weighted by Gasteiger charge is -2.11. The van der Waals surface area contributed by atoms with Crippen molar-refractivity contribution in [3.63, 3.8) is 0 Å². The zero-order valence-electron chi connectivity index (χ0n) is 12.2. The number of amides is 1. The minimum absolute atomic E-state index is 0.150. The first-order valence-corrected chi connectivity index (χ1v) is 8.31. The smallest absolute Gasteiger partial charge is 0.255 e. The average Bonchev–Trinajstić information content (AvgIpc) is 2.59. The van der Waals surface area contributed by atoms with E-state index in [4.69, 9.17) is 11.6 Å². The molecule has 0 radical (unpaired) electrons. The first-order chi connectivity index (χ1) is 11.2. The lowest BCUT2D eigenvalue weighted by Crippen LogP contribution is -2.12. The Labute approximate surface area is 144 Å². The molecule has 3 rings (SSSR count). The van der Waals surface area contributed by atoms with Crippen molar-refractivity contribution in [1.82, 2.24) is 0 Å². The van der Waals surface area contributed by atoms with Crippen LogP contribution in [0.2, 0.25) is 5.02 Å². The second-order valence-corrected chi connectivity index (χ2v) is 6.43. The number of rotatable bonds is 4. The van der Waals surface area contributed by atoms with Crippen LogP contribution >= 0.6 is 23.4 Å².